The van der Waals surface area contributed by atoms with Crippen LogP contribution in [0.4, 0.5) is 0 Å². The van der Waals surface area contributed by atoms with Crippen LogP contribution in [0, 0.1) is 0 Å². The van der Waals surface area contributed by atoms with Crippen LogP contribution in [0.25, 0.3) is 0 Å². The van der Waals surface area contributed by atoms with Crippen molar-refractivity contribution in [3.05, 3.63) is 72.9 Å². The zero-order chi connectivity index (χ0) is 50.9. The molecular weight excluding hydrogens is 897 g/mol. The van der Waals surface area contributed by atoms with Gasteiger partial charge in [-0.05, 0) is 77.0 Å². The molecule has 0 amide bonds. The van der Waals surface area contributed by atoms with E-state index in [9.17, 15) is 40.5 Å². The van der Waals surface area contributed by atoms with Crippen molar-refractivity contribution < 1.29 is 69.0 Å². The van der Waals surface area contributed by atoms with Crippen LogP contribution in [0.1, 0.15) is 174 Å². The molecule has 0 aromatic heterocycles. The molecule has 70 heavy (non-hydrogen) atoms. The highest BCUT2D eigenvalue weighted by Crippen LogP contribution is 2.26. The van der Waals surface area contributed by atoms with Crippen molar-refractivity contribution in [3.63, 3.8) is 0 Å². The summed E-state index contributed by atoms with van der Waals surface area (Å²) in [6, 6.07) is 0. The number of allylic oxidation sites excluding steroid dienone is 12. The molecule has 0 radical (unpaired) electrons. The van der Waals surface area contributed by atoms with Gasteiger partial charge in [0.05, 0.1) is 26.4 Å². The normalized spacial score (nSPS) is 26.1. The summed E-state index contributed by atoms with van der Waals surface area (Å²) >= 11 is 0. The van der Waals surface area contributed by atoms with E-state index in [2.05, 4.69) is 86.8 Å². The summed E-state index contributed by atoms with van der Waals surface area (Å²) < 4.78 is 34.2. The van der Waals surface area contributed by atoms with E-state index in [0.717, 1.165) is 103 Å². The van der Waals surface area contributed by atoms with Gasteiger partial charge in [-0.2, -0.15) is 0 Å². The number of carbonyl (C=O) groups is 1. The lowest BCUT2D eigenvalue weighted by molar-refractivity contribution is -0.332. The highest BCUT2D eigenvalue weighted by atomic mass is 16.7. The molecule has 0 aromatic carbocycles. The maximum absolute atomic E-state index is 13.0. The van der Waals surface area contributed by atoms with Gasteiger partial charge in [-0.25, -0.2) is 0 Å². The van der Waals surface area contributed by atoms with Gasteiger partial charge in [0, 0.05) is 13.0 Å². The number of carbonyl (C=O) groups excluding carboxylic acids is 1. The van der Waals surface area contributed by atoms with Gasteiger partial charge in [-0.3, -0.25) is 4.79 Å². The highest BCUT2D eigenvalue weighted by molar-refractivity contribution is 5.69. The number of ether oxygens (including phenoxy) is 6. The third kappa shape index (κ3) is 29.8. The van der Waals surface area contributed by atoms with Crippen molar-refractivity contribution in [2.75, 3.05) is 33.0 Å². The zero-order valence-corrected chi connectivity index (χ0v) is 43.0. The van der Waals surface area contributed by atoms with Crippen LogP contribution in [0.15, 0.2) is 72.9 Å². The number of hydrogen-bond acceptors (Lipinski definition) is 14. The Labute approximate surface area is 421 Å². The number of hydrogen-bond donors (Lipinski definition) is 7. The fourth-order valence-electron chi connectivity index (χ4n) is 8.08. The van der Waals surface area contributed by atoms with Gasteiger partial charge < -0.3 is 64.2 Å². The van der Waals surface area contributed by atoms with Crippen molar-refractivity contribution in [3.8, 4) is 0 Å². The lowest BCUT2D eigenvalue weighted by Gasteiger charge is -2.42. The van der Waals surface area contributed by atoms with E-state index in [1.807, 2.05) is 0 Å². The van der Waals surface area contributed by atoms with Gasteiger partial charge in [0.15, 0.2) is 12.6 Å². The van der Waals surface area contributed by atoms with Crippen LogP contribution in [-0.4, -0.2) is 142 Å². The lowest BCUT2D eigenvalue weighted by Crippen LogP contribution is -2.61. The molecule has 11 atom stereocenters. The predicted octanol–water partition coefficient (Wildman–Crippen LogP) is 8.69. The molecule has 2 rings (SSSR count). The maximum Gasteiger partial charge on any atom is 0.306 e. The summed E-state index contributed by atoms with van der Waals surface area (Å²) in [5, 5.41) is 72.1. The van der Waals surface area contributed by atoms with Gasteiger partial charge in [-0.1, -0.05) is 164 Å². The summed E-state index contributed by atoms with van der Waals surface area (Å²) in [5.41, 5.74) is 0. The molecule has 2 aliphatic heterocycles. The second-order valence-corrected chi connectivity index (χ2v) is 18.7. The third-order valence-corrected chi connectivity index (χ3v) is 12.4. The van der Waals surface area contributed by atoms with Crippen molar-refractivity contribution in [2.24, 2.45) is 0 Å². The van der Waals surface area contributed by atoms with E-state index >= 15 is 0 Å². The summed E-state index contributed by atoms with van der Waals surface area (Å²) in [6.07, 6.45) is 36.9. The molecule has 0 aromatic rings. The smallest absolute Gasteiger partial charge is 0.306 e. The Morgan fingerprint density at radius 2 is 0.929 bits per heavy atom. The summed E-state index contributed by atoms with van der Waals surface area (Å²) in [7, 11) is 0. The lowest BCUT2D eigenvalue weighted by atomic mass is 9.98. The van der Waals surface area contributed by atoms with Gasteiger partial charge in [0.25, 0.3) is 0 Å². The van der Waals surface area contributed by atoms with Crippen molar-refractivity contribution >= 4 is 5.97 Å². The molecule has 2 heterocycles. The number of aliphatic hydroxyl groups is 7. The second kappa shape index (κ2) is 42.9. The fraction of sp³-hybridized carbons (Fsp3) is 0.768. The summed E-state index contributed by atoms with van der Waals surface area (Å²) in [4.78, 5) is 13.0. The zero-order valence-electron chi connectivity index (χ0n) is 43.0. The third-order valence-electron chi connectivity index (χ3n) is 12.4. The molecule has 2 aliphatic rings. The van der Waals surface area contributed by atoms with E-state index in [1.54, 1.807) is 0 Å². The van der Waals surface area contributed by atoms with Crippen LogP contribution < -0.4 is 0 Å². The van der Waals surface area contributed by atoms with E-state index in [-0.39, 0.29) is 19.6 Å². The molecule has 0 saturated carbocycles. The highest BCUT2D eigenvalue weighted by Gasteiger charge is 2.47. The molecule has 2 fully saturated rings. The van der Waals surface area contributed by atoms with Crippen LogP contribution >= 0.6 is 0 Å². The summed E-state index contributed by atoms with van der Waals surface area (Å²) in [5.74, 6) is -0.392. The molecule has 7 N–H and O–H groups in total. The first-order chi connectivity index (χ1) is 34.1. The predicted molar refractivity (Wildman–Crippen MR) is 275 cm³/mol. The van der Waals surface area contributed by atoms with Crippen LogP contribution in [0.5, 0.6) is 0 Å². The minimum atomic E-state index is -1.71. The Hall–Kier alpha value is -2.57. The van der Waals surface area contributed by atoms with Gasteiger partial charge in [-0.15, -0.1) is 0 Å². The fourth-order valence-corrected chi connectivity index (χ4v) is 8.08. The Morgan fingerprint density at radius 3 is 1.47 bits per heavy atom. The SMILES string of the molecule is CC/C=C\C/C=C\C/C=C\C/C=C\C/C=C\CCCCCCCCCCCCOCC(COC1OC(COC2OC(CO)C(O)C(O)C2O)C(O)C(O)C1O)OC(=O)CCCCCCC/C=C\CCC. The van der Waals surface area contributed by atoms with E-state index in [4.69, 9.17) is 28.4 Å². The number of aliphatic hydroxyl groups excluding tert-OH is 7. The first-order valence-electron chi connectivity index (χ1n) is 27.0. The maximum atomic E-state index is 13.0. The van der Waals surface area contributed by atoms with E-state index < -0.39 is 86.7 Å². The Kier molecular flexibility index (Phi) is 38.9. The summed E-state index contributed by atoms with van der Waals surface area (Å²) in [6.45, 7) is 3.47. The Bertz CT molecular complexity index is 1430. The molecule has 14 heteroatoms. The van der Waals surface area contributed by atoms with Crippen LogP contribution in [0.3, 0.4) is 0 Å². The number of esters is 1. The minimum Gasteiger partial charge on any atom is -0.457 e. The molecule has 404 valence electrons. The van der Waals surface area contributed by atoms with Crippen molar-refractivity contribution in [1.82, 2.24) is 0 Å². The standard InChI is InChI=1S/C56H96O14/c1-3-5-7-9-11-13-15-16-17-18-19-20-21-22-23-24-25-26-27-28-29-30-32-34-36-38-40-65-42-45(68-48(58)39-37-35-33-31-14-12-10-8-6-4-2)43-66-55-54(64)52(62)50(60)47(70-55)44-67-56-53(63)51(61)49(59)46(41-57)69-56/h5,7-8,10-11,13,16-17,19-20,22-23,45-47,49-57,59-64H,3-4,6,9,12,14-15,18,21,24-44H2,1-2H3/b7-5-,10-8-,13-11-,17-16-,20-19-,23-22-. The van der Waals surface area contributed by atoms with E-state index in [1.165, 1.54) is 44.9 Å². The van der Waals surface area contributed by atoms with Gasteiger partial charge in [0.2, 0.25) is 0 Å². The van der Waals surface area contributed by atoms with Gasteiger partial charge in [0.1, 0.15) is 54.9 Å². The van der Waals surface area contributed by atoms with Gasteiger partial charge >= 0.3 is 5.97 Å². The molecule has 2 saturated heterocycles. The first kappa shape index (κ1) is 63.5. The molecule has 14 nitrogen and oxygen atoms in total. The average Bonchev–Trinajstić information content (AvgIpc) is 3.36. The largest absolute Gasteiger partial charge is 0.457 e. The first-order valence-corrected chi connectivity index (χ1v) is 27.0. The van der Waals surface area contributed by atoms with Crippen LogP contribution in [-0.2, 0) is 33.2 Å². The second-order valence-electron chi connectivity index (χ2n) is 18.7. The molecular formula is C56H96O14. The van der Waals surface area contributed by atoms with E-state index in [0.29, 0.717) is 13.0 Å². The quantitative estimate of drug-likeness (QED) is 0.0173. The Morgan fingerprint density at radius 1 is 0.486 bits per heavy atom. The monoisotopic (exact) mass is 993 g/mol. The molecule has 0 bridgehead atoms. The number of rotatable bonds is 42. The molecule has 0 spiro atoms. The molecule has 0 aliphatic carbocycles. The number of unbranched alkanes of at least 4 members (excludes halogenated alkanes) is 16. The Balaban J connectivity index is 1.68. The van der Waals surface area contributed by atoms with Crippen molar-refractivity contribution in [2.45, 2.75) is 242 Å². The topological polar surface area (TPSA) is 214 Å². The van der Waals surface area contributed by atoms with Crippen molar-refractivity contribution in [1.29, 1.82) is 0 Å². The average molecular weight is 993 g/mol. The van der Waals surface area contributed by atoms with Crippen LogP contribution in [0.2, 0.25) is 0 Å². The molecule has 11 unspecified atom stereocenters. The minimum absolute atomic E-state index is 0.0516.